The minimum absolute atomic E-state index is 0.00306. The summed E-state index contributed by atoms with van der Waals surface area (Å²) in [6.45, 7) is 2.68. The third-order valence-corrected chi connectivity index (χ3v) is 5.69. The zero-order chi connectivity index (χ0) is 22.4. The summed E-state index contributed by atoms with van der Waals surface area (Å²) >= 11 is 0. The average Bonchev–Trinajstić information content (AvgIpc) is 3.09. The number of methoxy groups -OCH3 is 1. The summed E-state index contributed by atoms with van der Waals surface area (Å²) in [6.07, 6.45) is 3.80. The van der Waals surface area contributed by atoms with Crippen LogP contribution in [0.1, 0.15) is 35.7 Å². The third-order valence-electron chi connectivity index (χ3n) is 5.69. The molecule has 2 aromatic rings. The number of fused-ring (bicyclic) bond motifs is 1. The summed E-state index contributed by atoms with van der Waals surface area (Å²) in [4.78, 5) is 18.5. The quantitative estimate of drug-likeness (QED) is 0.520. The van der Waals surface area contributed by atoms with E-state index < -0.39 is 0 Å². The van der Waals surface area contributed by atoms with Crippen LogP contribution in [0.4, 0.5) is 0 Å². The maximum Gasteiger partial charge on any atom is 0.241 e. The van der Waals surface area contributed by atoms with E-state index in [4.69, 9.17) is 9.73 Å². The Morgan fingerprint density at radius 2 is 2.06 bits per heavy atom. The molecule has 1 aliphatic rings. The van der Waals surface area contributed by atoms with E-state index in [1.165, 1.54) is 11.1 Å². The van der Waals surface area contributed by atoms with Gasteiger partial charge in [0.25, 0.3) is 0 Å². The number of carbonyl (C=O) groups is 1. The zero-order valence-corrected chi connectivity index (χ0v) is 19.2. The number of guanidine groups is 1. The van der Waals surface area contributed by atoms with E-state index in [1.54, 1.807) is 30.8 Å². The van der Waals surface area contributed by atoms with Crippen LogP contribution in [0.3, 0.4) is 0 Å². The number of carbonyl (C=O) groups excluding carboxylic acids is 1. The van der Waals surface area contributed by atoms with Crippen molar-refractivity contribution in [1.29, 1.82) is 0 Å². The van der Waals surface area contributed by atoms with Gasteiger partial charge in [-0.1, -0.05) is 31.2 Å². The molecule has 2 N–H and O–H groups in total. The highest BCUT2D eigenvalue weighted by molar-refractivity contribution is 5.86. The fourth-order valence-corrected chi connectivity index (χ4v) is 3.95. The topological polar surface area (TPSA) is 83.8 Å². The molecule has 1 heterocycles. The molecule has 168 valence electrons. The molecule has 1 aromatic heterocycles. The minimum atomic E-state index is -0.00306. The lowest BCUT2D eigenvalue weighted by Gasteiger charge is -2.27. The second-order valence-electron chi connectivity index (χ2n) is 8.07. The van der Waals surface area contributed by atoms with Crippen molar-refractivity contribution >= 4 is 11.9 Å². The van der Waals surface area contributed by atoms with Gasteiger partial charge in [-0.15, -0.1) is 0 Å². The Balaban J connectivity index is 1.77. The van der Waals surface area contributed by atoms with Gasteiger partial charge in [0.1, 0.15) is 0 Å². The SMILES string of the molecule is CCc1nn(C)c(OC)c1CN=C(NCC(=O)N(C)C)NC1CCc2ccccc2C1. The van der Waals surface area contributed by atoms with E-state index >= 15 is 0 Å². The monoisotopic (exact) mass is 426 g/mol. The van der Waals surface area contributed by atoms with Crippen molar-refractivity contribution in [3.05, 3.63) is 46.6 Å². The standard InChI is InChI=1S/C23H34N6O2/c1-6-20-19(22(31-5)29(4)27-20)14-24-23(25-15-21(30)28(2)3)26-18-12-11-16-9-7-8-10-17(16)13-18/h7-10,18H,6,11-15H2,1-5H3,(H2,24,25,26). The first kappa shape index (κ1) is 22.7. The molecule has 0 spiro atoms. The predicted molar refractivity (Wildman–Crippen MR) is 122 cm³/mol. The normalized spacial score (nSPS) is 15.9. The molecule has 0 aliphatic heterocycles. The number of ether oxygens (including phenoxy) is 1. The van der Waals surface area contributed by atoms with Crippen molar-refractivity contribution in [2.24, 2.45) is 12.0 Å². The molecule has 1 unspecified atom stereocenters. The number of nitrogens with one attached hydrogen (secondary N) is 2. The predicted octanol–water partition coefficient (Wildman–Crippen LogP) is 1.67. The van der Waals surface area contributed by atoms with Crippen molar-refractivity contribution in [1.82, 2.24) is 25.3 Å². The van der Waals surface area contributed by atoms with Gasteiger partial charge < -0.3 is 20.3 Å². The average molecular weight is 427 g/mol. The number of rotatable bonds is 7. The molecule has 8 nitrogen and oxygen atoms in total. The van der Waals surface area contributed by atoms with E-state index in [9.17, 15) is 4.79 Å². The van der Waals surface area contributed by atoms with Crippen LogP contribution in [0.2, 0.25) is 0 Å². The molecule has 3 rings (SSSR count). The number of hydrogen-bond acceptors (Lipinski definition) is 4. The molecule has 1 aliphatic carbocycles. The van der Waals surface area contributed by atoms with Crippen LogP contribution in [0.25, 0.3) is 0 Å². The molecule has 31 heavy (non-hydrogen) atoms. The Morgan fingerprint density at radius 1 is 1.32 bits per heavy atom. The van der Waals surface area contributed by atoms with Gasteiger partial charge in [-0.3, -0.25) is 4.79 Å². The van der Waals surface area contributed by atoms with Crippen LogP contribution >= 0.6 is 0 Å². The summed E-state index contributed by atoms with van der Waals surface area (Å²) < 4.78 is 7.29. The van der Waals surface area contributed by atoms with Gasteiger partial charge in [0.05, 0.1) is 31.5 Å². The maximum absolute atomic E-state index is 12.1. The number of benzene rings is 1. The van der Waals surface area contributed by atoms with Gasteiger partial charge in [0, 0.05) is 27.2 Å². The smallest absolute Gasteiger partial charge is 0.241 e. The minimum Gasteiger partial charge on any atom is -0.481 e. The summed E-state index contributed by atoms with van der Waals surface area (Å²) in [5, 5.41) is 11.3. The number of nitrogens with zero attached hydrogens (tertiary/aromatic N) is 4. The van der Waals surface area contributed by atoms with Crippen LogP contribution in [-0.2, 0) is 37.6 Å². The van der Waals surface area contributed by atoms with Gasteiger partial charge in [0.2, 0.25) is 11.8 Å². The number of amides is 1. The Bertz CT molecular complexity index is 934. The summed E-state index contributed by atoms with van der Waals surface area (Å²) in [5.74, 6) is 1.35. The van der Waals surface area contributed by atoms with E-state index in [-0.39, 0.29) is 18.5 Å². The van der Waals surface area contributed by atoms with E-state index in [2.05, 4.69) is 46.9 Å². The maximum atomic E-state index is 12.1. The second kappa shape index (κ2) is 10.3. The highest BCUT2D eigenvalue weighted by Gasteiger charge is 2.20. The molecule has 1 atom stereocenters. The first-order chi connectivity index (χ1) is 14.9. The van der Waals surface area contributed by atoms with E-state index in [0.717, 1.165) is 42.8 Å². The Labute approximate surface area is 184 Å². The molecular weight excluding hydrogens is 392 g/mol. The largest absolute Gasteiger partial charge is 0.481 e. The first-order valence-electron chi connectivity index (χ1n) is 10.8. The Hall–Kier alpha value is -3.03. The lowest BCUT2D eigenvalue weighted by atomic mass is 9.88. The van der Waals surface area contributed by atoms with Crippen LogP contribution in [0.15, 0.2) is 29.3 Å². The number of aliphatic imine (C=N–C) groups is 1. The number of hydrogen-bond donors (Lipinski definition) is 2. The van der Waals surface area contributed by atoms with Gasteiger partial charge in [-0.25, -0.2) is 9.67 Å². The number of likely N-dealkylation sites (N-methyl/N-ethyl adjacent to an activating group) is 1. The summed E-state index contributed by atoms with van der Waals surface area (Å²) in [6, 6.07) is 8.84. The van der Waals surface area contributed by atoms with Crippen molar-refractivity contribution < 1.29 is 9.53 Å². The molecule has 1 amide bonds. The van der Waals surface area contributed by atoms with Crippen molar-refractivity contribution in [2.75, 3.05) is 27.7 Å². The fraction of sp³-hybridized carbons (Fsp3) is 0.522. The molecule has 0 saturated carbocycles. The molecule has 0 fully saturated rings. The number of aryl methyl sites for hydroxylation is 3. The van der Waals surface area contributed by atoms with E-state index in [1.807, 2.05) is 7.05 Å². The lowest BCUT2D eigenvalue weighted by molar-refractivity contribution is -0.127. The van der Waals surface area contributed by atoms with Gasteiger partial charge >= 0.3 is 0 Å². The van der Waals surface area contributed by atoms with Crippen LogP contribution in [0, 0.1) is 0 Å². The Kier molecular flexibility index (Phi) is 7.55. The third kappa shape index (κ3) is 5.57. The molecule has 0 saturated heterocycles. The fourth-order valence-electron chi connectivity index (χ4n) is 3.95. The second-order valence-corrected chi connectivity index (χ2v) is 8.07. The molecule has 0 bridgehead atoms. The van der Waals surface area contributed by atoms with Gasteiger partial charge in [-0.2, -0.15) is 5.10 Å². The van der Waals surface area contributed by atoms with Crippen LogP contribution < -0.4 is 15.4 Å². The highest BCUT2D eigenvalue weighted by Crippen LogP contribution is 2.23. The van der Waals surface area contributed by atoms with E-state index in [0.29, 0.717) is 12.5 Å². The van der Waals surface area contributed by atoms with Gasteiger partial charge in [0.15, 0.2) is 5.96 Å². The lowest BCUT2D eigenvalue weighted by Crippen LogP contribution is -2.48. The first-order valence-corrected chi connectivity index (χ1v) is 10.8. The molecule has 1 aromatic carbocycles. The van der Waals surface area contributed by atoms with Crippen LogP contribution in [-0.4, -0.2) is 60.3 Å². The van der Waals surface area contributed by atoms with Crippen LogP contribution in [0.5, 0.6) is 5.88 Å². The summed E-state index contributed by atoms with van der Waals surface area (Å²) in [7, 11) is 7.02. The van der Waals surface area contributed by atoms with Crippen molar-refractivity contribution in [3.8, 4) is 5.88 Å². The number of aromatic nitrogens is 2. The van der Waals surface area contributed by atoms with Crippen molar-refractivity contribution in [3.63, 3.8) is 0 Å². The zero-order valence-electron chi connectivity index (χ0n) is 19.2. The highest BCUT2D eigenvalue weighted by atomic mass is 16.5. The van der Waals surface area contributed by atoms with Crippen molar-refractivity contribution in [2.45, 2.75) is 45.2 Å². The Morgan fingerprint density at radius 3 is 2.74 bits per heavy atom. The molecule has 8 heteroatoms. The molecular formula is C23H34N6O2. The van der Waals surface area contributed by atoms with Gasteiger partial charge in [-0.05, 0) is 36.8 Å². The molecule has 0 radical (unpaired) electrons. The summed E-state index contributed by atoms with van der Waals surface area (Å²) in [5.41, 5.74) is 4.74.